The molecule has 0 atom stereocenters. The van der Waals surface area contributed by atoms with E-state index in [1.165, 1.54) is 59.8 Å². The quantitative estimate of drug-likeness (QED) is 0.167. The van der Waals surface area contributed by atoms with E-state index in [-0.39, 0.29) is 0 Å². The Morgan fingerprint density at radius 2 is 0.727 bits per heavy atom. The highest BCUT2D eigenvalue weighted by Gasteiger charge is 2.20. The van der Waals surface area contributed by atoms with Crippen LogP contribution in [0.4, 0.5) is 0 Å². The molecule has 0 aliphatic heterocycles. The maximum atomic E-state index is 6.84. The molecule has 0 amide bonds. The summed E-state index contributed by atoms with van der Waals surface area (Å²) in [4.78, 5) is 5.27. The topological polar surface area (TPSA) is 26.0 Å². The molecule has 1 aromatic heterocycles. The van der Waals surface area contributed by atoms with Gasteiger partial charge in [0.2, 0.25) is 5.89 Å². The van der Waals surface area contributed by atoms with Gasteiger partial charge in [0.15, 0.2) is 5.58 Å². The molecule has 0 aliphatic rings. The van der Waals surface area contributed by atoms with Crippen LogP contribution in [0, 0.1) is 0 Å². The van der Waals surface area contributed by atoms with Crippen LogP contribution in [-0.4, -0.2) is 4.98 Å². The standard InChI is InChI=1S/C53H33NO/c1-2-14-36(15-3-1)49-45-18-8-10-20-47(45)50(48-21-11-9-19-46(48)49)37-24-26-38(27-25-37)53-54-51-43(41-28-22-34-12-4-6-16-39(34)32-41)30-31-44(52(51)55-53)42-29-23-35-13-5-7-17-40(35)33-42/h1-33H. The van der Waals surface area contributed by atoms with Crippen LogP contribution in [0.5, 0.6) is 0 Å². The van der Waals surface area contributed by atoms with E-state index >= 15 is 0 Å². The van der Waals surface area contributed by atoms with Crippen molar-refractivity contribution in [3.8, 4) is 56.0 Å². The van der Waals surface area contributed by atoms with Crippen molar-refractivity contribution in [1.29, 1.82) is 0 Å². The number of hydrogen-bond acceptors (Lipinski definition) is 2. The second-order valence-electron chi connectivity index (χ2n) is 14.3. The molecule has 0 N–H and O–H groups in total. The molecule has 2 heteroatoms. The minimum atomic E-state index is 0.603. The Kier molecular flexibility index (Phi) is 7.21. The zero-order valence-electron chi connectivity index (χ0n) is 29.9. The number of benzene rings is 10. The normalized spacial score (nSPS) is 11.6. The molecule has 10 aromatic carbocycles. The zero-order valence-corrected chi connectivity index (χ0v) is 29.9. The van der Waals surface area contributed by atoms with Gasteiger partial charge in [-0.15, -0.1) is 0 Å². The first-order valence-electron chi connectivity index (χ1n) is 18.8. The zero-order chi connectivity index (χ0) is 36.3. The van der Waals surface area contributed by atoms with Gasteiger partial charge >= 0.3 is 0 Å². The summed E-state index contributed by atoms with van der Waals surface area (Å²) in [5, 5.41) is 9.77. The second-order valence-corrected chi connectivity index (χ2v) is 14.3. The minimum absolute atomic E-state index is 0.603. The third-order valence-electron chi connectivity index (χ3n) is 11.1. The summed E-state index contributed by atoms with van der Waals surface area (Å²) in [5.41, 5.74) is 11.7. The molecule has 0 radical (unpaired) electrons. The van der Waals surface area contributed by atoms with Gasteiger partial charge in [-0.3, -0.25) is 0 Å². The van der Waals surface area contributed by atoms with Crippen molar-refractivity contribution in [3.05, 3.63) is 200 Å². The lowest BCUT2D eigenvalue weighted by atomic mass is 9.86. The van der Waals surface area contributed by atoms with E-state index in [1.807, 2.05) is 0 Å². The van der Waals surface area contributed by atoms with Crippen LogP contribution < -0.4 is 0 Å². The van der Waals surface area contributed by atoms with Crippen molar-refractivity contribution in [1.82, 2.24) is 4.98 Å². The molecule has 0 unspecified atom stereocenters. The van der Waals surface area contributed by atoms with Crippen molar-refractivity contribution in [2.75, 3.05) is 0 Å². The summed E-state index contributed by atoms with van der Waals surface area (Å²) < 4.78 is 6.84. The highest BCUT2D eigenvalue weighted by molar-refractivity contribution is 6.21. The lowest BCUT2D eigenvalue weighted by Crippen LogP contribution is -1.90. The van der Waals surface area contributed by atoms with Gasteiger partial charge in [0.1, 0.15) is 5.52 Å². The number of nitrogens with zero attached hydrogens (tertiary/aromatic N) is 1. The van der Waals surface area contributed by atoms with Crippen LogP contribution in [0.1, 0.15) is 0 Å². The monoisotopic (exact) mass is 699 g/mol. The Morgan fingerprint density at radius 3 is 1.29 bits per heavy atom. The van der Waals surface area contributed by atoms with Crippen LogP contribution in [0.25, 0.3) is 110 Å². The van der Waals surface area contributed by atoms with Gasteiger partial charge in [-0.05, 0) is 107 Å². The fourth-order valence-corrected chi connectivity index (χ4v) is 8.44. The smallest absolute Gasteiger partial charge is 0.227 e. The molecule has 1 heterocycles. The average molecular weight is 700 g/mol. The van der Waals surface area contributed by atoms with Gasteiger partial charge in [0.25, 0.3) is 0 Å². The second kappa shape index (κ2) is 12.7. The maximum Gasteiger partial charge on any atom is 0.227 e. The third-order valence-corrected chi connectivity index (χ3v) is 11.1. The summed E-state index contributed by atoms with van der Waals surface area (Å²) in [7, 11) is 0. The van der Waals surface area contributed by atoms with E-state index < -0.39 is 0 Å². The number of aromatic nitrogens is 1. The lowest BCUT2D eigenvalue weighted by Gasteiger charge is -2.17. The molecule has 0 fully saturated rings. The van der Waals surface area contributed by atoms with Gasteiger partial charge in [-0.2, -0.15) is 0 Å². The third kappa shape index (κ3) is 5.22. The predicted octanol–water partition coefficient (Wildman–Crippen LogP) is 14.8. The Balaban J connectivity index is 1.08. The van der Waals surface area contributed by atoms with Gasteiger partial charge in [0, 0.05) is 16.7 Å². The largest absolute Gasteiger partial charge is 0.435 e. The molecule has 2 nitrogen and oxygen atoms in total. The molecule has 256 valence electrons. The van der Waals surface area contributed by atoms with E-state index in [9.17, 15) is 0 Å². The van der Waals surface area contributed by atoms with Crippen LogP contribution in [0.3, 0.4) is 0 Å². The van der Waals surface area contributed by atoms with Crippen molar-refractivity contribution >= 4 is 54.2 Å². The molecule has 11 aromatic rings. The van der Waals surface area contributed by atoms with Crippen molar-refractivity contribution in [3.63, 3.8) is 0 Å². The summed E-state index contributed by atoms with van der Waals surface area (Å²) in [6, 6.07) is 71.6. The summed E-state index contributed by atoms with van der Waals surface area (Å²) in [6.45, 7) is 0. The highest BCUT2D eigenvalue weighted by Crippen LogP contribution is 2.44. The molecule has 55 heavy (non-hydrogen) atoms. The highest BCUT2D eigenvalue weighted by atomic mass is 16.3. The van der Waals surface area contributed by atoms with Gasteiger partial charge in [0.05, 0.1) is 0 Å². The Hall–Kier alpha value is -7.29. The van der Waals surface area contributed by atoms with E-state index in [1.54, 1.807) is 0 Å². The first kappa shape index (κ1) is 31.3. The Bertz CT molecular complexity index is 3070. The molecular formula is C53H33NO. The molecule has 0 spiro atoms. The van der Waals surface area contributed by atoms with Crippen molar-refractivity contribution in [2.24, 2.45) is 0 Å². The van der Waals surface area contributed by atoms with Gasteiger partial charge < -0.3 is 4.42 Å². The number of oxazole rings is 1. The van der Waals surface area contributed by atoms with Gasteiger partial charge in [-0.25, -0.2) is 4.98 Å². The number of hydrogen-bond donors (Lipinski definition) is 0. The van der Waals surface area contributed by atoms with Crippen LogP contribution in [0.2, 0.25) is 0 Å². The predicted molar refractivity (Wildman–Crippen MR) is 231 cm³/mol. The average Bonchev–Trinajstić information content (AvgIpc) is 3.71. The minimum Gasteiger partial charge on any atom is -0.435 e. The molecule has 0 aliphatic carbocycles. The summed E-state index contributed by atoms with van der Waals surface area (Å²) in [6.07, 6.45) is 0. The number of fused-ring (bicyclic) bond motifs is 5. The maximum absolute atomic E-state index is 6.84. The van der Waals surface area contributed by atoms with Crippen LogP contribution in [0.15, 0.2) is 205 Å². The van der Waals surface area contributed by atoms with E-state index in [4.69, 9.17) is 9.40 Å². The first-order chi connectivity index (χ1) is 27.3. The molecular weight excluding hydrogens is 667 g/mol. The SMILES string of the molecule is c1ccc(-c2c3ccccc3c(-c3ccc(-c4nc5c(-c6ccc7ccccc7c6)ccc(-c6ccc7ccccc7c6)c5o4)cc3)c3ccccc23)cc1. The first-order valence-corrected chi connectivity index (χ1v) is 18.8. The van der Waals surface area contributed by atoms with Crippen LogP contribution in [-0.2, 0) is 0 Å². The molecule has 0 saturated carbocycles. The molecule has 0 bridgehead atoms. The molecule has 11 rings (SSSR count). The summed E-state index contributed by atoms with van der Waals surface area (Å²) in [5.74, 6) is 0.603. The Labute approximate surface area is 318 Å². The van der Waals surface area contributed by atoms with Crippen LogP contribution >= 0.6 is 0 Å². The Morgan fingerprint density at radius 1 is 0.309 bits per heavy atom. The van der Waals surface area contributed by atoms with Crippen molar-refractivity contribution < 1.29 is 4.42 Å². The van der Waals surface area contributed by atoms with E-state index in [0.717, 1.165) is 44.5 Å². The summed E-state index contributed by atoms with van der Waals surface area (Å²) >= 11 is 0. The van der Waals surface area contributed by atoms with Gasteiger partial charge in [-0.1, -0.05) is 170 Å². The number of rotatable bonds is 5. The lowest BCUT2D eigenvalue weighted by molar-refractivity contribution is 0.621. The van der Waals surface area contributed by atoms with E-state index in [2.05, 4.69) is 200 Å². The fraction of sp³-hybridized carbons (Fsp3) is 0. The van der Waals surface area contributed by atoms with E-state index in [0.29, 0.717) is 5.89 Å². The van der Waals surface area contributed by atoms with Crippen molar-refractivity contribution in [2.45, 2.75) is 0 Å². The fourth-order valence-electron chi connectivity index (χ4n) is 8.44. The molecule has 0 saturated heterocycles.